The van der Waals surface area contributed by atoms with Gasteiger partial charge in [-0.05, 0) is 37.6 Å². The zero-order valence-corrected chi connectivity index (χ0v) is 10.7. The molecule has 0 saturated heterocycles. The molecule has 0 spiro atoms. The van der Waals surface area contributed by atoms with Gasteiger partial charge in [-0.3, -0.25) is 0 Å². The van der Waals surface area contributed by atoms with Gasteiger partial charge in [0.25, 0.3) is 0 Å². The van der Waals surface area contributed by atoms with Crippen LogP contribution in [-0.4, -0.2) is 33.2 Å². The van der Waals surface area contributed by atoms with Crippen molar-refractivity contribution in [3.05, 3.63) is 24.3 Å². The minimum Gasteiger partial charge on any atom is -0.396 e. The molecular weight excluding hydrogens is 240 g/mol. The Balaban J connectivity index is 2.85. The lowest BCUT2D eigenvalue weighted by Crippen LogP contribution is -2.24. The fourth-order valence-electron chi connectivity index (χ4n) is 1.58. The van der Waals surface area contributed by atoms with E-state index in [-0.39, 0.29) is 11.5 Å². The maximum atomic E-state index is 11.1. The van der Waals surface area contributed by atoms with Crippen LogP contribution in [0, 0.1) is 0 Å². The number of hydrogen-bond acceptors (Lipinski definition) is 4. The zero-order chi connectivity index (χ0) is 12.9. The Hall–Kier alpha value is -1.11. The monoisotopic (exact) mass is 258 g/mol. The first-order valence-corrected chi connectivity index (χ1v) is 7.02. The Labute approximate surface area is 102 Å². The van der Waals surface area contributed by atoms with E-state index in [0.29, 0.717) is 6.42 Å². The van der Waals surface area contributed by atoms with Gasteiger partial charge in [-0.1, -0.05) is 0 Å². The molecule has 0 heterocycles. The third-order valence-electron chi connectivity index (χ3n) is 2.50. The molecule has 0 bridgehead atoms. The van der Waals surface area contributed by atoms with Crippen molar-refractivity contribution in [2.45, 2.75) is 18.2 Å². The molecule has 1 rings (SSSR count). The number of primary sulfonamides is 1. The van der Waals surface area contributed by atoms with Crippen LogP contribution in [0.15, 0.2) is 29.2 Å². The number of hydrogen-bond donors (Lipinski definition) is 2. The summed E-state index contributed by atoms with van der Waals surface area (Å²) >= 11 is 0. The van der Waals surface area contributed by atoms with E-state index in [1.807, 2.05) is 6.92 Å². The van der Waals surface area contributed by atoms with E-state index in [2.05, 4.69) is 4.90 Å². The van der Waals surface area contributed by atoms with E-state index in [1.54, 1.807) is 12.1 Å². The highest BCUT2D eigenvalue weighted by atomic mass is 32.2. The summed E-state index contributed by atoms with van der Waals surface area (Å²) in [7, 11) is -3.63. The Kier molecular flexibility index (Phi) is 4.92. The van der Waals surface area contributed by atoms with Gasteiger partial charge in [0, 0.05) is 25.4 Å². The maximum absolute atomic E-state index is 11.1. The summed E-state index contributed by atoms with van der Waals surface area (Å²) < 4.78 is 22.2. The highest BCUT2D eigenvalue weighted by Crippen LogP contribution is 2.17. The third-order valence-corrected chi connectivity index (χ3v) is 3.43. The first-order valence-electron chi connectivity index (χ1n) is 5.47. The number of rotatable bonds is 6. The Bertz CT molecular complexity index is 442. The van der Waals surface area contributed by atoms with Crippen molar-refractivity contribution < 1.29 is 13.5 Å². The van der Waals surface area contributed by atoms with Crippen LogP contribution < -0.4 is 10.0 Å². The first-order chi connectivity index (χ1) is 7.99. The van der Waals surface area contributed by atoms with Crippen molar-refractivity contribution in [2.75, 3.05) is 24.6 Å². The van der Waals surface area contributed by atoms with Gasteiger partial charge in [0.2, 0.25) is 10.0 Å². The van der Waals surface area contributed by atoms with Gasteiger partial charge in [0.1, 0.15) is 0 Å². The summed E-state index contributed by atoms with van der Waals surface area (Å²) in [6.45, 7) is 3.69. The summed E-state index contributed by atoms with van der Waals surface area (Å²) in [5.74, 6) is 0. The van der Waals surface area contributed by atoms with Gasteiger partial charge in [-0.25, -0.2) is 13.6 Å². The minimum absolute atomic E-state index is 0.111. The SMILES string of the molecule is CCN(CCCO)c1ccc(S(N)(=O)=O)cc1. The number of nitrogens with zero attached hydrogens (tertiary/aromatic N) is 1. The van der Waals surface area contributed by atoms with E-state index < -0.39 is 10.0 Å². The predicted octanol–water partition coefficient (Wildman–Crippen LogP) is 0.543. The minimum atomic E-state index is -3.63. The Morgan fingerprint density at radius 2 is 1.88 bits per heavy atom. The fraction of sp³-hybridized carbons (Fsp3) is 0.455. The van der Waals surface area contributed by atoms with Crippen molar-refractivity contribution in [2.24, 2.45) is 5.14 Å². The second-order valence-electron chi connectivity index (χ2n) is 3.70. The van der Waals surface area contributed by atoms with E-state index >= 15 is 0 Å². The van der Waals surface area contributed by atoms with E-state index in [1.165, 1.54) is 12.1 Å². The van der Waals surface area contributed by atoms with Crippen molar-refractivity contribution in [3.63, 3.8) is 0 Å². The van der Waals surface area contributed by atoms with Crippen LogP contribution in [0.4, 0.5) is 5.69 Å². The largest absolute Gasteiger partial charge is 0.396 e. The van der Waals surface area contributed by atoms with Gasteiger partial charge in [0.05, 0.1) is 4.90 Å². The normalized spacial score (nSPS) is 11.5. The van der Waals surface area contributed by atoms with Crippen molar-refractivity contribution in [1.82, 2.24) is 0 Å². The number of sulfonamides is 1. The molecule has 5 nitrogen and oxygen atoms in total. The number of benzene rings is 1. The van der Waals surface area contributed by atoms with Crippen molar-refractivity contribution in [3.8, 4) is 0 Å². The van der Waals surface area contributed by atoms with Crippen LogP contribution in [-0.2, 0) is 10.0 Å². The maximum Gasteiger partial charge on any atom is 0.238 e. The topological polar surface area (TPSA) is 83.6 Å². The molecule has 3 N–H and O–H groups in total. The molecule has 96 valence electrons. The molecule has 0 saturated carbocycles. The molecule has 0 aliphatic heterocycles. The Morgan fingerprint density at radius 1 is 1.29 bits per heavy atom. The number of anilines is 1. The molecule has 0 amide bonds. The zero-order valence-electron chi connectivity index (χ0n) is 9.83. The quantitative estimate of drug-likeness (QED) is 0.780. The highest BCUT2D eigenvalue weighted by Gasteiger charge is 2.09. The lowest BCUT2D eigenvalue weighted by atomic mass is 10.2. The number of aliphatic hydroxyl groups is 1. The van der Waals surface area contributed by atoms with E-state index in [0.717, 1.165) is 18.8 Å². The highest BCUT2D eigenvalue weighted by molar-refractivity contribution is 7.89. The van der Waals surface area contributed by atoms with Gasteiger partial charge in [-0.15, -0.1) is 0 Å². The summed E-state index contributed by atoms with van der Waals surface area (Å²) in [6, 6.07) is 6.43. The van der Waals surface area contributed by atoms with Crippen molar-refractivity contribution in [1.29, 1.82) is 0 Å². The van der Waals surface area contributed by atoms with Gasteiger partial charge < -0.3 is 10.0 Å². The van der Waals surface area contributed by atoms with Crippen LogP contribution in [0.3, 0.4) is 0 Å². The standard InChI is InChI=1S/C11H18N2O3S/c1-2-13(8-3-9-14)10-4-6-11(7-5-10)17(12,15)16/h4-7,14H,2-3,8-9H2,1H3,(H2,12,15,16). The molecular formula is C11H18N2O3S. The fourth-order valence-corrected chi connectivity index (χ4v) is 2.09. The van der Waals surface area contributed by atoms with E-state index in [9.17, 15) is 8.42 Å². The molecule has 1 aromatic rings. The molecule has 0 aliphatic rings. The molecule has 6 heteroatoms. The molecule has 0 radical (unpaired) electrons. The summed E-state index contributed by atoms with van der Waals surface area (Å²) in [5, 5.41) is 13.8. The predicted molar refractivity (Wildman–Crippen MR) is 67.4 cm³/mol. The van der Waals surface area contributed by atoms with Crippen LogP contribution in [0.2, 0.25) is 0 Å². The third kappa shape index (κ3) is 3.99. The van der Waals surface area contributed by atoms with Crippen LogP contribution in [0.5, 0.6) is 0 Å². The molecule has 0 atom stereocenters. The molecule has 0 aliphatic carbocycles. The van der Waals surface area contributed by atoms with E-state index in [4.69, 9.17) is 10.2 Å². The smallest absolute Gasteiger partial charge is 0.238 e. The molecule has 1 aromatic carbocycles. The lowest BCUT2D eigenvalue weighted by molar-refractivity contribution is 0.289. The van der Waals surface area contributed by atoms with Crippen LogP contribution in [0.25, 0.3) is 0 Å². The van der Waals surface area contributed by atoms with Crippen LogP contribution in [0.1, 0.15) is 13.3 Å². The molecule has 0 aromatic heterocycles. The molecule has 0 unspecified atom stereocenters. The average molecular weight is 258 g/mol. The summed E-state index contributed by atoms with van der Waals surface area (Å²) in [5.41, 5.74) is 0.924. The summed E-state index contributed by atoms with van der Waals surface area (Å²) in [6.07, 6.45) is 0.685. The van der Waals surface area contributed by atoms with Crippen molar-refractivity contribution >= 4 is 15.7 Å². The molecule has 0 fully saturated rings. The van der Waals surface area contributed by atoms with Gasteiger partial charge in [0.15, 0.2) is 0 Å². The Morgan fingerprint density at radius 3 is 2.29 bits per heavy atom. The van der Waals surface area contributed by atoms with Crippen LogP contribution >= 0.6 is 0 Å². The lowest BCUT2D eigenvalue weighted by Gasteiger charge is -2.22. The first kappa shape index (κ1) is 14.0. The second kappa shape index (κ2) is 6.00. The average Bonchev–Trinajstić information content (AvgIpc) is 2.29. The van der Waals surface area contributed by atoms with Gasteiger partial charge >= 0.3 is 0 Å². The van der Waals surface area contributed by atoms with Gasteiger partial charge in [-0.2, -0.15) is 0 Å². The number of nitrogens with two attached hydrogens (primary N) is 1. The second-order valence-corrected chi connectivity index (χ2v) is 5.26. The number of aliphatic hydroxyl groups excluding tert-OH is 1. The molecule has 17 heavy (non-hydrogen) atoms. The summed E-state index contributed by atoms with van der Waals surface area (Å²) in [4.78, 5) is 2.17.